The van der Waals surface area contributed by atoms with Gasteiger partial charge in [0, 0.05) is 22.3 Å². The summed E-state index contributed by atoms with van der Waals surface area (Å²) in [6, 6.07) is 3.60. The molecule has 0 saturated carbocycles. The number of carbonyl (C=O) groups is 1. The average Bonchev–Trinajstić information content (AvgIpc) is 3.36. The molecule has 3 atom stereocenters. The summed E-state index contributed by atoms with van der Waals surface area (Å²) in [4.78, 5) is 13.0. The van der Waals surface area contributed by atoms with Gasteiger partial charge in [-0.15, -0.1) is 0 Å². The molecule has 2 aromatic rings. The third-order valence-corrected chi connectivity index (χ3v) is 7.33. The van der Waals surface area contributed by atoms with Crippen molar-refractivity contribution < 1.29 is 43.1 Å². The number of rotatable bonds is 6. The number of hydrogen-bond donors (Lipinski definition) is 1. The maximum Gasteiger partial charge on any atom is 0.334 e. The van der Waals surface area contributed by atoms with E-state index >= 15 is 0 Å². The molecule has 4 rings (SSSR count). The Balaban J connectivity index is 2.17. The zero-order valence-electron chi connectivity index (χ0n) is 22.5. The topological polar surface area (TPSA) is 102 Å². The van der Waals surface area contributed by atoms with E-state index in [-0.39, 0.29) is 12.7 Å². The highest BCUT2D eigenvalue weighted by Gasteiger charge is 2.47. The summed E-state index contributed by atoms with van der Waals surface area (Å²) >= 11 is 0. The van der Waals surface area contributed by atoms with Crippen molar-refractivity contribution in [2.24, 2.45) is 5.92 Å². The molecule has 1 N–H and O–H groups in total. The highest BCUT2D eigenvalue weighted by atomic mass is 16.7. The molecule has 0 aromatic heterocycles. The molecule has 9 heteroatoms. The number of carbonyl (C=O) groups excluding carboxylic acids is 1. The van der Waals surface area contributed by atoms with Gasteiger partial charge in [-0.25, -0.2) is 4.79 Å². The predicted molar refractivity (Wildman–Crippen MR) is 136 cm³/mol. The first-order valence-corrected chi connectivity index (χ1v) is 12.0. The normalized spacial score (nSPS) is 22.2. The van der Waals surface area contributed by atoms with Crippen LogP contribution in [0.3, 0.4) is 0 Å². The fourth-order valence-electron chi connectivity index (χ4n) is 4.94. The highest BCUT2D eigenvalue weighted by Crippen LogP contribution is 2.59. The van der Waals surface area contributed by atoms with E-state index in [1.54, 1.807) is 40.0 Å². The molecule has 0 radical (unpaired) electrons. The highest BCUT2D eigenvalue weighted by molar-refractivity contribution is 5.90. The van der Waals surface area contributed by atoms with Crippen LogP contribution < -0.4 is 28.4 Å². The number of aliphatic hydroxyl groups is 1. The summed E-state index contributed by atoms with van der Waals surface area (Å²) in [7, 11) is 6.08. The van der Waals surface area contributed by atoms with Crippen LogP contribution in [0.1, 0.15) is 44.9 Å². The van der Waals surface area contributed by atoms with Crippen molar-refractivity contribution in [2.45, 2.75) is 45.8 Å². The second kappa shape index (κ2) is 10.0. The van der Waals surface area contributed by atoms with Gasteiger partial charge in [0.2, 0.25) is 18.3 Å². The first-order valence-electron chi connectivity index (χ1n) is 12.0. The minimum Gasteiger partial charge on any atom is -0.493 e. The molecule has 1 aliphatic carbocycles. The monoisotopic (exact) mass is 514 g/mol. The lowest BCUT2D eigenvalue weighted by Gasteiger charge is -2.41. The summed E-state index contributed by atoms with van der Waals surface area (Å²) < 4.78 is 40.6. The molecule has 200 valence electrons. The summed E-state index contributed by atoms with van der Waals surface area (Å²) in [6.07, 6.45) is 0.998. The minimum atomic E-state index is -1.48. The maximum absolute atomic E-state index is 13.0. The molecule has 1 aliphatic heterocycles. The Hall–Kier alpha value is -3.59. The van der Waals surface area contributed by atoms with E-state index in [0.29, 0.717) is 63.2 Å². The molecule has 2 aromatic carbocycles. The Morgan fingerprint density at radius 1 is 1.03 bits per heavy atom. The average molecular weight is 515 g/mol. The summed E-state index contributed by atoms with van der Waals surface area (Å²) in [5.41, 5.74) is 1.46. The van der Waals surface area contributed by atoms with Gasteiger partial charge in [-0.3, -0.25) is 0 Å². The minimum absolute atomic E-state index is 0.0562. The van der Waals surface area contributed by atoms with Crippen molar-refractivity contribution in [3.05, 3.63) is 34.9 Å². The van der Waals surface area contributed by atoms with Gasteiger partial charge in [-0.1, -0.05) is 13.0 Å². The van der Waals surface area contributed by atoms with E-state index < -0.39 is 17.7 Å². The smallest absolute Gasteiger partial charge is 0.334 e. The number of benzene rings is 2. The molecule has 0 unspecified atom stereocenters. The Morgan fingerprint density at radius 3 is 2.30 bits per heavy atom. The Bertz CT molecular complexity index is 1250. The van der Waals surface area contributed by atoms with Gasteiger partial charge in [0.1, 0.15) is 5.60 Å². The van der Waals surface area contributed by atoms with Crippen LogP contribution in [0, 0.1) is 5.92 Å². The van der Waals surface area contributed by atoms with E-state index in [4.69, 9.17) is 33.2 Å². The quantitative estimate of drug-likeness (QED) is 0.437. The lowest BCUT2D eigenvalue weighted by atomic mass is 9.73. The molecule has 37 heavy (non-hydrogen) atoms. The third kappa shape index (κ3) is 4.21. The van der Waals surface area contributed by atoms with Gasteiger partial charge in [-0.2, -0.15) is 0 Å². The molecule has 0 fully saturated rings. The number of fused-ring (bicyclic) bond motifs is 4. The standard InChI is InChI=1S/C28H34O9/c1-9-14(2)27(29)37-26-17-12-18(31-5)22(32-6)25(34-8)21(17)20-16(10-15(3)28(26,4)30)11-19-23(24(20)33-7)36-13-35-19/h9,11-12,15,26,30H,10,13H2,1-8H3/b14-9-/t15-,26-,28-/m0/s1. The fraction of sp³-hybridized carbons (Fsp3) is 0.464. The number of hydrogen-bond acceptors (Lipinski definition) is 9. The van der Waals surface area contributed by atoms with Crippen molar-refractivity contribution in [3.63, 3.8) is 0 Å². The van der Waals surface area contributed by atoms with E-state index in [0.717, 1.165) is 5.56 Å². The Morgan fingerprint density at radius 2 is 1.70 bits per heavy atom. The van der Waals surface area contributed by atoms with Gasteiger partial charge < -0.3 is 38.3 Å². The van der Waals surface area contributed by atoms with Crippen molar-refractivity contribution in [2.75, 3.05) is 35.2 Å². The van der Waals surface area contributed by atoms with Crippen LogP contribution in [-0.4, -0.2) is 51.9 Å². The van der Waals surface area contributed by atoms with Crippen LogP contribution in [0.2, 0.25) is 0 Å². The number of ether oxygens (including phenoxy) is 7. The second-order valence-electron chi connectivity index (χ2n) is 9.38. The molecule has 0 amide bonds. The zero-order chi connectivity index (χ0) is 27.1. The second-order valence-corrected chi connectivity index (χ2v) is 9.38. The first-order chi connectivity index (χ1) is 17.6. The van der Waals surface area contributed by atoms with Crippen LogP contribution in [0.25, 0.3) is 11.1 Å². The first kappa shape index (κ1) is 26.5. The molecule has 0 bridgehead atoms. The van der Waals surface area contributed by atoms with Crippen LogP contribution in [0.5, 0.6) is 34.5 Å². The SMILES string of the molecule is C/C=C(/C)C(=O)O[C@H]1c2cc(OC)c(OC)c(OC)c2-c2c(cc3c(c2OC)OCO3)C[C@H](C)[C@]1(C)O. The van der Waals surface area contributed by atoms with Crippen LogP contribution in [0.15, 0.2) is 23.8 Å². The van der Waals surface area contributed by atoms with Crippen LogP contribution in [-0.2, 0) is 16.0 Å². The molecule has 0 saturated heterocycles. The maximum atomic E-state index is 13.0. The van der Waals surface area contributed by atoms with Gasteiger partial charge >= 0.3 is 5.97 Å². The molecule has 1 heterocycles. The number of methoxy groups -OCH3 is 4. The summed E-state index contributed by atoms with van der Waals surface area (Å²) in [5, 5.41) is 12.0. The lowest BCUT2D eigenvalue weighted by molar-refractivity contribution is -0.166. The van der Waals surface area contributed by atoms with Crippen molar-refractivity contribution >= 4 is 5.97 Å². The van der Waals surface area contributed by atoms with Crippen molar-refractivity contribution in [1.29, 1.82) is 0 Å². The van der Waals surface area contributed by atoms with Gasteiger partial charge in [-0.05, 0) is 50.8 Å². The number of esters is 1. The zero-order valence-corrected chi connectivity index (χ0v) is 22.5. The summed E-state index contributed by atoms with van der Waals surface area (Å²) in [5.74, 6) is 1.60. The largest absolute Gasteiger partial charge is 0.493 e. The van der Waals surface area contributed by atoms with Gasteiger partial charge in [0.15, 0.2) is 29.1 Å². The van der Waals surface area contributed by atoms with E-state index in [9.17, 15) is 9.90 Å². The van der Waals surface area contributed by atoms with E-state index in [2.05, 4.69) is 0 Å². The number of allylic oxidation sites excluding steroid dienone is 1. The molecular weight excluding hydrogens is 480 g/mol. The van der Waals surface area contributed by atoms with Gasteiger partial charge in [0.05, 0.1) is 28.4 Å². The Kier molecular flexibility index (Phi) is 7.19. The van der Waals surface area contributed by atoms with E-state index in [1.807, 2.05) is 13.0 Å². The van der Waals surface area contributed by atoms with Crippen LogP contribution >= 0.6 is 0 Å². The molecule has 0 spiro atoms. The fourth-order valence-corrected chi connectivity index (χ4v) is 4.94. The van der Waals surface area contributed by atoms with E-state index in [1.165, 1.54) is 21.3 Å². The molecular formula is C28H34O9. The molecule has 9 nitrogen and oxygen atoms in total. The Labute approximate surface area is 216 Å². The lowest BCUT2D eigenvalue weighted by Crippen LogP contribution is -2.44. The summed E-state index contributed by atoms with van der Waals surface area (Å²) in [6.45, 7) is 7.05. The van der Waals surface area contributed by atoms with Crippen molar-refractivity contribution in [1.82, 2.24) is 0 Å². The van der Waals surface area contributed by atoms with Crippen molar-refractivity contribution in [3.8, 4) is 45.6 Å². The van der Waals surface area contributed by atoms with Gasteiger partial charge in [0.25, 0.3) is 0 Å². The molecule has 2 aliphatic rings. The van der Waals surface area contributed by atoms with Crippen LogP contribution in [0.4, 0.5) is 0 Å². The third-order valence-electron chi connectivity index (χ3n) is 7.33. The predicted octanol–water partition coefficient (Wildman–Crippen LogP) is 4.61.